The zero-order chi connectivity index (χ0) is 13.1. The van der Waals surface area contributed by atoms with Gasteiger partial charge in [0.15, 0.2) is 0 Å². The summed E-state index contributed by atoms with van der Waals surface area (Å²) in [6.07, 6.45) is 0. The summed E-state index contributed by atoms with van der Waals surface area (Å²) in [4.78, 5) is 16.6. The Balaban J connectivity index is 2.20. The van der Waals surface area contributed by atoms with Crippen LogP contribution in [0.4, 0.5) is 5.69 Å². The molecule has 5 heteroatoms. The number of benzene rings is 1. The summed E-state index contributed by atoms with van der Waals surface area (Å²) in [6, 6.07) is 5.35. The average Bonchev–Trinajstić information content (AvgIpc) is 2.39. The number of carbonyl (C=O) groups is 1. The van der Waals surface area contributed by atoms with Gasteiger partial charge in [-0.05, 0) is 25.2 Å². The lowest BCUT2D eigenvalue weighted by molar-refractivity contribution is 0.0665. The predicted octanol–water partition coefficient (Wildman–Crippen LogP) is 1.77. The molecule has 1 aromatic carbocycles. The molecule has 1 aliphatic rings. The molecule has 18 heavy (non-hydrogen) atoms. The van der Waals surface area contributed by atoms with E-state index in [2.05, 4.69) is 17.3 Å². The molecule has 1 N–H and O–H groups in total. The van der Waals surface area contributed by atoms with Crippen LogP contribution < -0.4 is 5.32 Å². The quantitative estimate of drug-likeness (QED) is 0.887. The van der Waals surface area contributed by atoms with Crippen LogP contribution in [0.2, 0.25) is 5.02 Å². The molecular weight excluding hydrogens is 250 g/mol. The van der Waals surface area contributed by atoms with Gasteiger partial charge in [0, 0.05) is 43.9 Å². The third kappa shape index (κ3) is 2.76. The van der Waals surface area contributed by atoms with Gasteiger partial charge in [-0.15, -0.1) is 0 Å². The predicted molar refractivity (Wildman–Crippen MR) is 74.4 cm³/mol. The fourth-order valence-electron chi connectivity index (χ4n) is 2.09. The minimum Gasteiger partial charge on any atom is -0.387 e. The summed E-state index contributed by atoms with van der Waals surface area (Å²) in [7, 11) is 3.88. The molecule has 4 nitrogen and oxygen atoms in total. The van der Waals surface area contributed by atoms with Gasteiger partial charge < -0.3 is 15.1 Å². The molecule has 0 radical (unpaired) electrons. The number of nitrogens with one attached hydrogen (secondary N) is 1. The van der Waals surface area contributed by atoms with Gasteiger partial charge in [0.05, 0.1) is 5.56 Å². The first kappa shape index (κ1) is 13.2. The zero-order valence-electron chi connectivity index (χ0n) is 10.7. The molecule has 2 rings (SSSR count). The molecule has 1 aliphatic heterocycles. The van der Waals surface area contributed by atoms with Gasteiger partial charge in [0.25, 0.3) is 5.91 Å². The number of hydrogen-bond acceptors (Lipinski definition) is 3. The number of hydrogen-bond donors (Lipinski definition) is 1. The molecule has 0 atom stereocenters. The van der Waals surface area contributed by atoms with Crippen molar-refractivity contribution in [2.45, 2.75) is 0 Å². The van der Waals surface area contributed by atoms with Gasteiger partial charge in [-0.25, -0.2) is 0 Å². The first-order valence-corrected chi connectivity index (χ1v) is 6.44. The van der Waals surface area contributed by atoms with Crippen LogP contribution in [-0.4, -0.2) is 56.0 Å². The van der Waals surface area contributed by atoms with Crippen LogP contribution in [0.1, 0.15) is 10.4 Å². The van der Waals surface area contributed by atoms with E-state index in [1.165, 1.54) is 0 Å². The third-order valence-electron chi connectivity index (χ3n) is 3.27. The van der Waals surface area contributed by atoms with Crippen LogP contribution in [0.25, 0.3) is 0 Å². The molecule has 1 heterocycles. The Morgan fingerprint density at radius 3 is 2.56 bits per heavy atom. The van der Waals surface area contributed by atoms with Crippen molar-refractivity contribution >= 4 is 23.2 Å². The number of carbonyl (C=O) groups excluding carboxylic acids is 1. The van der Waals surface area contributed by atoms with Crippen LogP contribution in [0.3, 0.4) is 0 Å². The summed E-state index contributed by atoms with van der Waals surface area (Å²) in [6.45, 7) is 3.37. The van der Waals surface area contributed by atoms with Crippen molar-refractivity contribution < 1.29 is 4.79 Å². The van der Waals surface area contributed by atoms with Crippen LogP contribution in [0.5, 0.6) is 0 Å². The second kappa shape index (κ2) is 5.59. The van der Waals surface area contributed by atoms with Crippen molar-refractivity contribution in [1.29, 1.82) is 0 Å². The molecule has 0 aromatic heterocycles. The smallest absolute Gasteiger partial charge is 0.256 e. The van der Waals surface area contributed by atoms with E-state index in [9.17, 15) is 4.79 Å². The van der Waals surface area contributed by atoms with Gasteiger partial charge in [-0.3, -0.25) is 4.79 Å². The number of nitrogens with zero attached hydrogens (tertiary/aromatic N) is 2. The molecule has 0 unspecified atom stereocenters. The summed E-state index contributed by atoms with van der Waals surface area (Å²) < 4.78 is 0. The molecule has 1 fully saturated rings. The highest BCUT2D eigenvalue weighted by Crippen LogP contribution is 2.22. The standard InChI is InChI=1S/C13H18ClN3O/c1-15-12-4-3-10(14)9-11(12)13(18)17-7-5-16(2)6-8-17/h3-4,9,15H,5-8H2,1-2H3. The van der Waals surface area contributed by atoms with Gasteiger partial charge in [0.1, 0.15) is 0 Å². The highest BCUT2D eigenvalue weighted by Gasteiger charge is 2.22. The summed E-state index contributed by atoms with van der Waals surface area (Å²) >= 11 is 5.97. The van der Waals surface area contributed by atoms with E-state index in [0.29, 0.717) is 10.6 Å². The molecule has 1 aromatic rings. The number of anilines is 1. The van der Waals surface area contributed by atoms with Crippen molar-refractivity contribution in [2.24, 2.45) is 0 Å². The van der Waals surface area contributed by atoms with Crippen molar-refractivity contribution in [2.75, 3.05) is 45.6 Å². The van der Waals surface area contributed by atoms with E-state index < -0.39 is 0 Å². The summed E-state index contributed by atoms with van der Waals surface area (Å²) in [5, 5.41) is 3.62. The Bertz CT molecular complexity index is 442. The SMILES string of the molecule is CNc1ccc(Cl)cc1C(=O)N1CCN(C)CC1. The lowest BCUT2D eigenvalue weighted by atomic mass is 10.1. The Kier molecular flexibility index (Phi) is 4.09. The lowest BCUT2D eigenvalue weighted by Gasteiger charge is -2.32. The summed E-state index contributed by atoms with van der Waals surface area (Å²) in [5.41, 5.74) is 1.47. The fraction of sp³-hybridized carbons (Fsp3) is 0.462. The average molecular weight is 268 g/mol. The maximum atomic E-state index is 12.4. The van der Waals surface area contributed by atoms with E-state index in [-0.39, 0.29) is 5.91 Å². The van der Waals surface area contributed by atoms with E-state index in [0.717, 1.165) is 31.9 Å². The summed E-state index contributed by atoms with van der Waals surface area (Å²) in [5.74, 6) is 0.0509. The van der Waals surface area contributed by atoms with E-state index in [1.54, 1.807) is 12.1 Å². The van der Waals surface area contributed by atoms with Crippen molar-refractivity contribution in [3.05, 3.63) is 28.8 Å². The molecule has 1 amide bonds. The Labute approximate surface area is 113 Å². The van der Waals surface area contributed by atoms with Gasteiger partial charge in [-0.2, -0.15) is 0 Å². The van der Waals surface area contributed by atoms with Gasteiger partial charge in [0.2, 0.25) is 0 Å². The third-order valence-corrected chi connectivity index (χ3v) is 3.51. The number of likely N-dealkylation sites (N-methyl/N-ethyl adjacent to an activating group) is 1. The number of piperazine rings is 1. The monoisotopic (exact) mass is 267 g/mol. The molecular formula is C13H18ClN3O. The number of amides is 1. The second-order valence-electron chi connectivity index (χ2n) is 4.54. The number of halogens is 1. The molecule has 0 aliphatic carbocycles. The molecule has 0 spiro atoms. The van der Waals surface area contributed by atoms with Crippen molar-refractivity contribution in [1.82, 2.24) is 9.80 Å². The molecule has 0 bridgehead atoms. The van der Waals surface area contributed by atoms with Crippen LogP contribution >= 0.6 is 11.6 Å². The van der Waals surface area contributed by atoms with E-state index >= 15 is 0 Å². The Morgan fingerprint density at radius 2 is 1.94 bits per heavy atom. The fourth-order valence-corrected chi connectivity index (χ4v) is 2.26. The lowest BCUT2D eigenvalue weighted by Crippen LogP contribution is -2.47. The van der Waals surface area contributed by atoms with Crippen LogP contribution in [0.15, 0.2) is 18.2 Å². The Morgan fingerprint density at radius 1 is 1.28 bits per heavy atom. The first-order chi connectivity index (χ1) is 8.61. The normalized spacial score (nSPS) is 16.7. The topological polar surface area (TPSA) is 35.6 Å². The Hall–Kier alpha value is -1.26. The van der Waals surface area contributed by atoms with Crippen molar-refractivity contribution in [3.8, 4) is 0 Å². The molecule has 1 saturated heterocycles. The van der Waals surface area contributed by atoms with Crippen LogP contribution in [0, 0.1) is 0 Å². The largest absolute Gasteiger partial charge is 0.387 e. The molecule has 0 saturated carbocycles. The highest BCUT2D eigenvalue weighted by atomic mass is 35.5. The maximum absolute atomic E-state index is 12.4. The zero-order valence-corrected chi connectivity index (χ0v) is 11.5. The second-order valence-corrected chi connectivity index (χ2v) is 4.97. The first-order valence-electron chi connectivity index (χ1n) is 6.07. The van der Waals surface area contributed by atoms with Gasteiger partial charge >= 0.3 is 0 Å². The molecule has 98 valence electrons. The van der Waals surface area contributed by atoms with E-state index in [4.69, 9.17) is 11.6 Å². The minimum absolute atomic E-state index is 0.0509. The van der Waals surface area contributed by atoms with Crippen molar-refractivity contribution in [3.63, 3.8) is 0 Å². The van der Waals surface area contributed by atoms with Crippen LogP contribution in [-0.2, 0) is 0 Å². The van der Waals surface area contributed by atoms with Gasteiger partial charge in [-0.1, -0.05) is 11.6 Å². The number of rotatable bonds is 2. The minimum atomic E-state index is 0.0509. The van der Waals surface area contributed by atoms with E-state index in [1.807, 2.05) is 18.0 Å². The maximum Gasteiger partial charge on any atom is 0.256 e. The highest BCUT2D eigenvalue weighted by molar-refractivity contribution is 6.31.